The summed E-state index contributed by atoms with van der Waals surface area (Å²) >= 11 is 3.36. The Bertz CT molecular complexity index is 1040. The molecule has 0 aliphatic carbocycles. The number of anilines is 1. The van der Waals surface area contributed by atoms with Gasteiger partial charge in [0.1, 0.15) is 24.1 Å². The van der Waals surface area contributed by atoms with E-state index in [1.807, 2.05) is 24.3 Å². The summed E-state index contributed by atoms with van der Waals surface area (Å²) in [5, 5.41) is 20.6. The largest absolute Gasteiger partial charge is 0.475 e. The maximum atomic E-state index is 12.9. The Morgan fingerprint density at radius 3 is 2.71 bits per heavy atom. The highest BCUT2D eigenvalue weighted by Crippen LogP contribution is 2.57. The average molecular weight is 518 g/mol. The van der Waals surface area contributed by atoms with Crippen molar-refractivity contribution >= 4 is 29.6 Å². The molecule has 1 aromatic carbocycles. The first-order valence-corrected chi connectivity index (χ1v) is 11.7. The van der Waals surface area contributed by atoms with Crippen LogP contribution in [0.2, 0.25) is 0 Å². The topological polar surface area (TPSA) is 155 Å². The predicted octanol–water partition coefficient (Wildman–Crippen LogP) is 1.51. The lowest BCUT2D eigenvalue weighted by atomic mass is 10.1. The van der Waals surface area contributed by atoms with Crippen molar-refractivity contribution in [1.82, 2.24) is 9.55 Å². The molecule has 1 aromatic heterocycles. The van der Waals surface area contributed by atoms with Gasteiger partial charge in [-0.1, -0.05) is 28.1 Å². The Kier molecular flexibility index (Phi) is 6.61. The van der Waals surface area contributed by atoms with Gasteiger partial charge in [-0.2, -0.15) is 4.98 Å². The van der Waals surface area contributed by atoms with Gasteiger partial charge in [0.2, 0.25) is 0 Å². The molecule has 0 bridgehead atoms. The number of ether oxygens (including phenoxy) is 1. The van der Waals surface area contributed by atoms with Gasteiger partial charge in [0.15, 0.2) is 6.23 Å². The smallest absolute Gasteiger partial charge is 0.387 e. The molecule has 0 radical (unpaired) electrons. The highest BCUT2D eigenvalue weighted by atomic mass is 79.9. The van der Waals surface area contributed by atoms with Crippen molar-refractivity contribution < 1.29 is 33.1 Å². The molecule has 13 heteroatoms. The van der Waals surface area contributed by atoms with E-state index in [2.05, 4.69) is 20.9 Å². The lowest BCUT2D eigenvalue weighted by molar-refractivity contribution is -0.0609. The third-order valence-electron chi connectivity index (χ3n) is 4.99. The van der Waals surface area contributed by atoms with Gasteiger partial charge in [0.25, 0.3) is 0 Å². The molecule has 11 nitrogen and oxygen atoms in total. The summed E-state index contributed by atoms with van der Waals surface area (Å²) in [4.78, 5) is 15.6. The Morgan fingerprint density at radius 2 is 2.00 bits per heavy atom. The Hall–Kier alpha value is -1.63. The summed E-state index contributed by atoms with van der Waals surface area (Å²) in [5.74, 6) is 0.0131. The summed E-state index contributed by atoms with van der Waals surface area (Å²) in [6.07, 6.45) is -3.85. The van der Waals surface area contributed by atoms with Crippen molar-refractivity contribution in [1.29, 1.82) is 0 Å². The van der Waals surface area contributed by atoms with E-state index in [4.69, 9.17) is 24.0 Å². The summed E-state index contributed by atoms with van der Waals surface area (Å²) in [6, 6.07) is 8.73. The molecule has 6 atom stereocenters. The van der Waals surface area contributed by atoms with Gasteiger partial charge in [-0.15, -0.1) is 0 Å². The van der Waals surface area contributed by atoms with E-state index in [-0.39, 0.29) is 12.4 Å². The minimum Gasteiger partial charge on any atom is -0.387 e. The Morgan fingerprint density at radius 1 is 1.26 bits per heavy atom. The lowest BCUT2D eigenvalue weighted by Crippen LogP contribution is -2.36. The van der Waals surface area contributed by atoms with Crippen LogP contribution in [0.5, 0.6) is 0 Å². The molecule has 3 heterocycles. The summed E-state index contributed by atoms with van der Waals surface area (Å²) in [6.45, 7) is -0.236. The second kappa shape index (κ2) is 9.08. The average Bonchev–Trinajstić information content (AvgIpc) is 3.01. The number of aliphatic hydroxyl groups is 2. The van der Waals surface area contributed by atoms with Crippen molar-refractivity contribution in [3.63, 3.8) is 0 Å². The van der Waals surface area contributed by atoms with Crippen molar-refractivity contribution in [2.75, 3.05) is 18.9 Å². The van der Waals surface area contributed by atoms with Crippen LogP contribution < -0.4 is 11.4 Å². The summed E-state index contributed by atoms with van der Waals surface area (Å²) in [5.41, 5.74) is 5.53. The first-order valence-electron chi connectivity index (χ1n) is 9.45. The van der Waals surface area contributed by atoms with E-state index in [0.717, 1.165) is 14.6 Å². The number of halogens is 1. The lowest BCUT2D eigenvalue weighted by Gasteiger charge is -2.29. The van der Waals surface area contributed by atoms with Crippen molar-refractivity contribution in [3.05, 3.63) is 57.0 Å². The van der Waals surface area contributed by atoms with Crippen LogP contribution in [0.3, 0.4) is 0 Å². The van der Waals surface area contributed by atoms with E-state index in [1.165, 1.54) is 12.3 Å². The fraction of sp³-hybridized carbons (Fsp3) is 0.444. The summed E-state index contributed by atoms with van der Waals surface area (Å²) < 4.78 is 36.6. The quantitative estimate of drug-likeness (QED) is 0.496. The Labute approximate surface area is 185 Å². The van der Waals surface area contributed by atoms with Crippen LogP contribution in [0, 0.1) is 0 Å². The molecule has 4 rings (SSSR count). The maximum Gasteiger partial charge on any atom is 0.475 e. The molecule has 31 heavy (non-hydrogen) atoms. The SMILES string of the molecule is Nc1ccn([C@@H]2O[C@H](CO[P@@]3(=O)OCC[C@@H](c4ccc(Br)cc4)O3)[C@@H](O)[C@@H]2O)c(=O)n1. The number of nitrogens with zero attached hydrogens (tertiary/aromatic N) is 2. The van der Waals surface area contributed by atoms with Crippen molar-refractivity contribution in [2.45, 2.75) is 37.1 Å². The standard InChI is InChI=1S/C18H21BrN3O8P/c19-11-3-1-10(2-4-11)12-6-8-27-31(26,30-12)28-9-13-15(23)16(24)17(29-13)22-7-5-14(20)21-18(22)25/h1-5,7,12-13,15-17,23-24H,6,8-9H2,(H2,20,21,25)/t12-,13+,15+,16-,17+,31+/m0/s1. The molecular weight excluding hydrogens is 497 g/mol. The van der Waals surface area contributed by atoms with Gasteiger partial charge in [-0.3, -0.25) is 18.1 Å². The fourth-order valence-corrected chi connectivity index (χ4v) is 5.02. The first-order chi connectivity index (χ1) is 14.8. The highest BCUT2D eigenvalue weighted by molar-refractivity contribution is 9.10. The van der Waals surface area contributed by atoms with E-state index in [0.29, 0.717) is 6.42 Å². The molecule has 0 spiro atoms. The molecule has 2 fully saturated rings. The van der Waals surface area contributed by atoms with Gasteiger partial charge in [-0.05, 0) is 23.8 Å². The minimum absolute atomic E-state index is 0.0131. The zero-order valence-corrected chi connectivity index (χ0v) is 18.6. The molecule has 2 aliphatic heterocycles. The zero-order valence-electron chi connectivity index (χ0n) is 16.1. The van der Waals surface area contributed by atoms with Crippen LogP contribution >= 0.6 is 23.8 Å². The number of phosphoric ester groups is 1. The van der Waals surface area contributed by atoms with Crippen LogP contribution in [0.15, 0.2) is 45.8 Å². The zero-order chi connectivity index (χ0) is 22.2. The van der Waals surface area contributed by atoms with Crippen molar-refractivity contribution in [2.24, 2.45) is 0 Å². The van der Waals surface area contributed by atoms with Gasteiger partial charge in [0, 0.05) is 17.1 Å². The fourth-order valence-electron chi connectivity index (χ4n) is 3.36. The van der Waals surface area contributed by atoms with Gasteiger partial charge in [0.05, 0.1) is 19.3 Å². The van der Waals surface area contributed by atoms with Crippen LogP contribution in [0.4, 0.5) is 5.82 Å². The molecule has 4 N–H and O–H groups in total. The molecule has 2 aliphatic rings. The second-order valence-electron chi connectivity index (χ2n) is 7.10. The maximum absolute atomic E-state index is 12.9. The number of benzene rings is 1. The molecular formula is C18H21BrN3O8P. The van der Waals surface area contributed by atoms with Gasteiger partial charge < -0.3 is 20.7 Å². The van der Waals surface area contributed by atoms with E-state index in [1.54, 1.807) is 0 Å². The van der Waals surface area contributed by atoms with E-state index < -0.39 is 50.8 Å². The molecule has 0 unspecified atom stereocenters. The number of nitrogen functional groups attached to an aromatic ring is 1. The van der Waals surface area contributed by atoms with E-state index >= 15 is 0 Å². The second-order valence-corrected chi connectivity index (χ2v) is 9.64. The van der Waals surface area contributed by atoms with Crippen LogP contribution in [0.25, 0.3) is 0 Å². The van der Waals surface area contributed by atoms with Crippen LogP contribution in [0.1, 0.15) is 24.3 Å². The predicted molar refractivity (Wildman–Crippen MR) is 111 cm³/mol. The number of aliphatic hydroxyl groups excluding tert-OH is 2. The number of nitrogens with two attached hydrogens (primary N) is 1. The highest BCUT2D eigenvalue weighted by Gasteiger charge is 2.46. The van der Waals surface area contributed by atoms with Crippen LogP contribution in [-0.4, -0.2) is 51.3 Å². The first kappa shape index (κ1) is 22.6. The van der Waals surface area contributed by atoms with Gasteiger partial charge >= 0.3 is 13.5 Å². The number of hydrogen-bond acceptors (Lipinski definition) is 10. The normalized spacial score (nSPS) is 33.5. The summed E-state index contributed by atoms with van der Waals surface area (Å²) in [7, 11) is -3.94. The minimum atomic E-state index is -3.94. The number of rotatable bonds is 5. The molecule has 0 saturated carbocycles. The molecule has 2 saturated heterocycles. The van der Waals surface area contributed by atoms with Crippen LogP contribution in [-0.2, 0) is 22.9 Å². The Balaban J connectivity index is 1.41. The number of aromatic nitrogens is 2. The molecule has 168 valence electrons. The van der Waals surface area contributed by atoms with E-state index in [9.17, 15) is 19.6 Å². The van der Waals surface area contributed by atoms with Gasteiger partial charge in [-0.25, -0.2) is 9.36 Å². The number of hydrogen-bond donors (Lipinski definition) is 3. The molecule has 0 amide bonds. The van der Waals surface area contributed by atoms with Crippen molar-refractivity contribution in [3.8, 4) is 0 Å². The third-order valence-corrected chi connectivity index (χ3v) is 6.99. The third kappa shape index (κ3) is 4.91. The molecule has 2 aromatic rings. The monoisotopic (exact) mass is 517 g/mol. The number of phosphoric acid groups is 1.